The third-order valence-electron chi connectivity index (χ3n) is 4.10. The zero-order valence-electron chi connectivity index (χ0n) is 13.5. The number of esters is 1. The molecule has 1 atom stereocenters. The van der Waals surface area contributed by atoms with Crippen molar-refractivity contribution >= 4 is 33.3 Å². The maximum Gasteiger partial charge on any atom is 0.331 e. The number of aliphatic hydroxyl groups is 1. The summed E-state index contributed by atoms with van der Waals surface area (Å²) < 4.78 is 16.2. The second kappa shape index (κ2) is 6.29. The Labute approximate surface area is 142 Å². The minimum atomic E-state index is -1.00. The number of carbonyl (C=O) groups excluding carboxylic acids is 2. The van der Waals surface area contributed by atoms with Crippen LogP contribution in [0.4, 0.5) is 0 Å². The SMILES string of the molecule is COC(=O)[C@@H](CO)N1Cc2c(sc3cc(OC)c(OC)cc23)C1=O. The van der Waals surface area contributed by atoms with Crippen molar-refractivity contribution in [1.29, 1.82) is 0 Å². The summed E-state index contributed by atoms with van der Waals surface area (Å²) in [5.41, 5.74) is 0.823. The van der Waals surface area contributed by atoms with Crippen LogP contribution in [0.1, 0.15) is 15.2 Å². The summed E-state index contributed by atoms with van der Waals surface area (Å²) >= 11 is 1.33. The number of amides is 1. The fourth-order valence-corrected chi connectivity index (χ4v) is 4.05. The number of aliphatic hydroxyl groups excluding tert-OH is 1. The van der Waals surface area contributed by atoms with E-state index in [0.29, 0.717) is 16.4 Å². The Hall–Kier alpha value is -2.32. The molecular formula is C16H17NO6S. The number of benzene rings is 1. The van der Waals surface area contributed by atoms with Gasteiger partial charge in [-0.05, 0) is 6.07 Å². The summed E-state index contributed by atoms with van der Waals surface area (Å²) in [5, 5.41) is 10.3. The average molecular weight is 351 g/mol. The van der Waals surface area contributed by atoms with E-state index >= 15 is 0 Å². The van der Waals surface area contributed by atoms with Crippen LogP contribution in [0.2, 0.25) is 0 Å². The van der Waals surface area contributed by atoms with Gasteiger partial charge in [-0.2, -0.15) is 0 Å². The molecule has 2 aromatic rings. The number of thiophene rings is 1. The van der Waals surface area contributed by atoms with E-state index in [-0.39, 0.29) is 12.5 Å². The first kappa shape index (κ1) is 16.5. The van der Waals surface area contributed by atoms with Gasteiger partial charge in [0.05, 0.1) is 32.8 Å². The first-order valence-corrected chi connectivity index (χ1v) is 8.04. The second-order valence-electron chi connectivity index (χ2n) is 5.27. The molecule has 0 spiro atoms. The van der Waals surface area contributed by atoms with Crippen LogP contribution in [0.15, 0.2) is 12.1 Å². The fourth-order valence-electron chi connectivity index (χ4n) is 2.86. The number of hydrogen-bond donors (Lipinski definition) is 1. The van der Waals surface area contributed by atoms with Crippen molar-refractivity contribution in [3.05, 3.63) is 22.6 Å². The highest BCUT2D eigenvalue weighted by atomic mass is 32.1. The van der Waals surface area contributed by atoms with Crippen LogP contribution in [-0.4, -0.2) is 55.9 Å². The van der Waals surface area contributed by atoms with Crippen molar-refractivity contribution in [3.63, 3.8) is 0 Å². The lowest BCUT2D eigenvalue weighted by molar-refractivity contribution is -0.147. The van der Waals surface area contributed by atoms with Crippen molar-refractivity contribution in [2.45, 2.75) is 12.6 Å². The summed E-state index contributed by atoms with van der Waals surface area (Å²) in [6.07, 6.45) is 0. The predicted molar refractivity (Wildman–Crippen MR) is 87.7 cm³/mol. The first-order valence-electron chi connectivity index (χ1n) is 7.22. The van der Waals surface area contributed by atoms with Crippen LogP contribution in [-0.2, 0) is 16.1 Å². The zero-order valence-corrected chi connectivity index (χ0v) is 14.3. The highest BCUT2D eigenvalue weighted by Crippen LogP contribution is 2.43. The van der Waals surface area contributed by atoms with Gasteiger partial charge in [-0.3, -0.25) is 4.79 Å². The van der Waals surface area contributed by atoms with Crippen LogP contribution in [0, 0.1) is 0 Å². The molecule has 3 rings (SSSR count). The zero-order chi connectivity index (χ0) is 17.4. The van der Waals surface area contributed by atoms with E-state index in [2.05, 4.69) is 4.74 Å². The van der Waals surface area contributed by atoms with Gasteiger partial charge in [0.15, 0.2) is 17.5 Å². The third-order valence-corrected chi connectivity index (χ3v) is 5.29. The Kier molecular flexibility index (Phi) is 4.33. The summed E-state index contributed by atoms with van der Waals surface area (Å²) in [7, 11) is 4.33. The van der Waals surface area contributed by atoms with Crippen molar-refractivity contribution in [2.75, 3.05) is 27.9 Å². The van der Waals surface area contributed by atoms with Gasteiger partial charge in [0.2, 0.25) is 0 Å². The van der Waals surface area contributed by atoms with Crippen LogP contribution >= 0.6 is 11.3 Å². The monoisotopic (exact) mass is 351 g/mol. The number of ether oxygens (including phenoxy) is 3. The molecular weight excluding hydrogens is 334 g/mol. The van der Waals surface area contributed by atoms with E-state index in [1.54, 1.807) is 14.2 Å². The molecule has 1 aromatic carbocycles. The van der Waals surface area contributed by atoms with Crippen molar-refractivity contribution in [3.8, 4) is 11.5 Å². The van der Waals surface area contributed by atoms with Crippen LogP contribution in [0.3, 0.4) is 0 Å². The third kappa shape index (κ3) is 2.38. The average Bonchev–Trinajstić information content (AvgIpc) is 3.11. The second-order valence-corrected chi connectivity index (χ2v) is 6.32. The Bertz CT molecular complexity index is 814. The van der Waals surface area contributed by atoms with Gasteiger partial charge in [-0.25, -0.2) is 4.79 Å². The Morgan fingerprint density at radius 3 is 2.54 bits per heavy atom. The summed E-state index contributed by atoms with van der Waals surface area (Å²) in [5.74, 6) is 0.248. The number of rotatable bonds is 5. The molecule has 0 bridgehead atoms. The van der Waals surface area contributed by atoms with Gasteiger partial charge < -0.3 is 24.2 Å². The highest BCUT2D eigenvalue weighted by molar-refractivity contribution is 7.21. The number of fused-ring (bicyclic) bond motifs is 3. The first-order chi connectivity index (χ1) is 11.5. The number of methoxy groups -OCH3 is 3. The van der Waals surface area contributed by atoms with Crippen molar-refractivity contribution < 1.29 is 28.9 Å². The normalized spacial score (nSPS) is 14.7. The van der Waals surface area contributed by atoms with E-state index in [1.165, 1.54) is 23.3 Å². The molecule has 0 saturated heterocycles. The molecule has 2 heterocycles. The van der Waals surface area contributed by atoms with E-state index in [4.69, 9.17) is 9.47 Å². The molecule has 1 aliphatic rings. The molecule has 1 N–H and O–H groups in total. The van der Waals surface area contributed by atoms with E-state index in [9.17, 15) is 14.7 Å². The molecule has 128 valence electrons. The predicted octanol–water partition coefficient (Wildman–Crippen LogP) is 1.41. The van der Waals surface area contributed by atoms with Gasteiger partial charge in [0, 0.05) is 28.3 Å². The molecule has 1 amide bonds. The number of nitrogens with zero attached hydrogens (tertiary/aromatic N) is 1. The lowest BCUT2D eigenvalue weighted by atomic mass is 10.1. The molecule has 0 fully saturated rings. The molecule has 0 radical (unpaired) electrons. The molecule has 7 nitrogen and oxygen atoms in total. The molecule has 1 aliphatic heterocycles. The number of carbonyl (C=O) groups is 2. The topological polar surface area (TPSA) is 85.3 Å². The minimum Gasteiger partial charge on any atom is -0.493 e. The largest absolute Gasteiger partial charge is 0.493 e. The van der Waals surface area contributed by atoms with E-state index < -0.39 is 18.6 Å². The van der Waals surface area contributed by atoms with Crippen LogP contribution in [0.25, 0.3) is 10.1 Å². The molecule has 0 unspecified atom stereocenters. The Morgan fingerprint density at radius 1 is 1.29 bits per heavy atom. The molecule has 0 saturated carbocycles. The minimum absolute atomic E-state index is 0.240. The van der Waals surface area contributed by atoms with Crippen molar-refractivity contribution in [1.82, 2.24) is 4.90 Å². The molecule has 1 aromatic heterocycles. The Balaban J connectivity index is 2.05. The van der Waals surface area contributed by atoms with Gasteiger partial charge in [-0.1, -0.05) is 0 Å². The fraction of sp³-hybridized carbons (Fsp3) is 0.375. The van der Waals surface area contributed by atoms with E-state index in [0.717, 1.165) is 15.6 Å². The lowest BCUT2D eigenvalue weighted by Crippen LogP contribution is -2.44. The van der Waals surface area contributed by atoms with E-state index in [1.807, 2.05) is 12.1 Å². The molecule has 24 heavy (non-hydrogen) atoms. The van der Waals surface area contributed by atoms with Gasteiger partial charge in [0.1, 0.15) is 0 Å². The van der Waals surface area contributed by atoms with Gasteiger partial charge >= 0.3 is 5.97 Å². The van der Waals surface area contributed by atoms with Crippen molar-refractivity contribution in [2.24, 2.45) is 0 Å². The van der Waals surface area contributed by atoms with Gasteiger partial charge in [-0.15, -0.1) is 11.3 Å². The number of hydrogen-bond acceptors (Lipinski definition) is 7. The summed E-state index contributed by atoms with van der Waals surface area (Å²) in [6, 6.07) is 2.66. The smallest absolute Gasteiger partial charge is 0.331 e. The maximum absolute atomic E-state index is 12.7. The van der Waals surface area contributed by atoms with Crippen LogP contribution in [0.5, 0.6) is 11.5 Å². The standard InChI is InChI=1S/C16H17NO6S/c1-21-11-4-8-9-6-17(10(7-18)16(20)23-3)15(19)14(9)24-13(8)5-12(11)22-2/h4-5,10,18H,6-7H2,1-3H3/t10-/m1/s1. The maximum atomic E-state index is 12.7. The Morgan fingerprint density at radius 2 is 1.96 bits per heavy atom. The van der Waals surface area contributed by atoms with Gasteiger partial charge in [0.25, 0.3) is 5.91 Å². The lowest BCUT2D eigenvalue weighted by Gasteiger charge is -2.23. The van der Waals surface area contributed by atoms with Crippen LogP contribution < -0.4 is 9.47 Å². The summed E-state index contributed by atoms with van der Waals surface area (Å²) in [4.78, 5) is 26.3. The quantitative estimate of drug-likeness (QED) is 0.820. The summed E-state index contributed by atoms with van der Waals surface area (Å²) in [6.45, 7) is -0.244. The highest BCUT2D eigenvalue weighted by Gasteiger charge is 2.39. The molecule has 8 heteroatoms. The molecule has 0 aliphatic carbocycles.